The predicted molar refractivity (Wildman–Crippen MR) is 369 cm³/mol. The van der Waals surface area contributed by atoms with E-state index in [-0.39, 0.29) is 18.9 Å². The summed E-state index contributed by atoms with van der Waals surface area (Å²) in [5.41, 5.74) is 0. The maximum atomic E-state index is 13.4. The van der Waals surface area contributed by atoms with Gasteiger partial charge in [-0.2, -0.15) is 0 Å². The number of ether oxygens (including phenoxy) is 4. The van der Waals surface area contributed by atoms with Crippen LogP contribution in [-0.2, 0) is 23.7 Å². The molecule has 0 aromatic carbocycles. The van der Waals surface area contributed by atoms with Crippen LogP contribution in [0.15, 0.2) is 12.2 Å². The smallest absolute Gasteiger partial charge is 0.220 e. The van der Waals surface area contributed by atoms with Crippen LogP contribution in [0.2, 0.25) is 0 Å². The number of amides is 1. The van der Waals surface area contributed by atoms with Gasteiger partial charge < -0.3 is 65.1 Å². The molecule has 90 heavy (non-hydrogen) atoms. The minimum Gasteiger partial charge on any atom is -0.394 e. The lowest BCUT2D eigenvalue weighted by atomic mass is 9.97. The third-order valence-electron chi connectivity index (χ3n) is 19.5. The first kappa shape index (κ1) is 84.8. The van der Waals surface area contributed by atoms with Crippen molar-refractivity contribution in [3.8, 4) is 0 Å². The second-order valence-electron chi connectivity index (χ2n) is 27.9. The minimum absolute atomic E-state index is 0.229. The van der Waals surface area contributed by atoms with Crippen LogP contribution in [0, 0.1) is 0 Å². The van der Waals surface area contributed by atoms with Gasteiger partial charge >= 0.3 is 0 Å². The van der Waals surface area contributed by atoms with Crippen LogP contribution < -0.4 is 5.32 Å². The zero-order valence-electron chi connectivity index (χ0n) is 58.4. The monoisotopic (exact) mass is 1280 g/mol. The number of nitrogens with one attached hydrogen (secondary N) is 1. The molecule has 12 atom stereocenters. The zero-order chi connectivity index (χ0) is 65.2. The molecule has 0 aromatic heterocycles. The molecule has 14 nitrogen and oxygen atoms in total. The second-order valence-corrected chi connectivity index (χ2v) is 27.9. The molecule has 0 radical (unpaired) electrons. The molecule has 0 saturated carbocycles. The fourth-order valence-electron chi connectivity index (χ4n) is 13.3. The number of aliphatic hydroxyl groups is 8. The Morgan fingerprint density at radius 2 is 0.689 bits per heavy atom. The lowest BCUT2D eigenvalue weighted by Crippen LogP contribution is -2.65. The van der Waals surface area contributed by atoms with Crippen LogP contribution in [0.4, 0.5) is 0 Å². The number of aliphatic hydroxyl groups excluding tert-OH is 8. The van der Waals surface area contributed by atoms with Gasteiger partial charge in [0.25, 0.3) is 0 Å². The van der Waals surface area contributed by atoms with Crippen LogP contribution in [-0.4, -0.2) is 140 Å². The Hall–Kier alpha value is -1.27. The highest BCUT2D eigenvalue weighted by Crippen LogP contribution is 2.30. The summed E-state index contributed by atoms with van der Waals surface area (Å²) in [5, 5.41) is 87.6. The molecule has 2 fully saturated rings. The molecule has 2 saturated heterocycles. The highest BCUT2D eigenvalue weighted by atomic mass is 16.7. The summed E-state index contributed by atoms with van der Waals surface area (Å²) in [5.74, 6) is -0.229. The number of unbranched alkanes of at least 4 members (excludes halogenated alkanes) is 53. The number of allylic oxidation sites excluding steroid dienone is 1. The third-order valence-corrected chi connectivity index (χ3v) is 19.5. The second kappa shape index (κ2) is 61.3. The first-order valence-electron chi connectivity index (χ1n) is 38.9. The maximum absolute atomic E-state index is 13.4. The molecule has 1 amide bonds. The van der Waals surface area contributed by atoms with E-state index < -0.39 is 86.8 Å². The van der Waals surface area contributed by atoms with Gasteiger partial charge in [0.15, 0.2) is 12.6 Å². The molecule has 2 aliphatic rings. The highest BCUT2D eigenvalue weighted by molar-refractivity contribution is 5.76. The van der Waals surface area contributed by atoms with E-state index in [1.54, 1.807) is 6.08 Å². The molecule has 0 aromatic rings. The average Bonchev–Trinajstić information content (AvgIpc) is 1.20. The summed E-state index contributed by atoms with van der Waals surface area (Å²) in [6.07, 6.45) is 60.0. The van der Waals surface area contributed by atoms with Crippen LogP contribution in [0.3, 0.4) is 0 Å². The Kier molecular flexibility index (Phi) is 57.8. The van der Waals surface area contributed by atoms with E-state index in [4.69, 9.17) is 18.9 Å². The topological polar surface area (TPSA) is 228 Å². The fourth-order valence-corrected chi connectivity index (χ4v) is 13.3. The summed E-state index contributed by atoms with van der Waals surface area (Å²) < 4.78 is 22.9. The van der Waals surface area contributed by atoms with Gasteiger partial charge in [0, 0.05) is 6.42 Å². The number of rotatable bonds is 66. The van der Waals surface area contributed by atoms with E-state index in [1.165, 1.54) is 308 Å². The molecule has 9 N–H and O–H groups in total. The Morgan fingerprint density at radius 1 is 0.389 bits per heavy atom. The molecule has 534 valence electrons. The van der Waals surface area contributed by atoms with Crippen LogP contribution in [0.1, 0.15) is 373 Å². The van der Waals surface area contributed by atoms with Crippen molar-refractivity contribution in [2.45, 2.75) is 447 Å². The molecule has 12 unspecified atom stereocenters. The minimum atomic E-state index is -1.79. The Balaban J connectivity index is 1.63. The Labute approximate surface area is 552 Å². The van der Waals surface area contributed by atoms with Gasteiger partial charge in [-0.05, 0) is 19.3 Å². The zero-order valence-corrected chi connectivity index (χ0v) is 58.4. The first-order valence-corrected chi connectivity index (χ1v) is 38.9. The standard InChI is InChI=1S/C76H147NO13/c1-3-5-7-9-11-13-15-17-19-21-23-25-27-29-31-32-34-35-37-39-41-43-45-47-49-51-53-55-57-59-65(80)64(63-87-75-73(86)71(84)74(67(62-79)89-75)90-76-72(85)70(83)69(82)66(61-78)88-76)77-68(81)60-58-56-54-52-50-48-46-44-42-40-38-36-33-30-28-26-24-22-20-18-16-14-12-10-8-6-4-2/h57,59,64-67,69-76,78-80,82-86H,3-56,58,60-63H2,1-2H3,(H,77,81)/b59-57+. The lowest BCUT2D eigenvalue weighted by molar-refractivity contribution is -0.359. The molecule has 2 rings (SSSR count). The van der Waals surface area contributed by atoms with E-state index in [0.29, 0.717) is 0 Å². The van der Waals surface area contributed by atoms with E-state index >= 15 is 0 Å². The SMILES string of the molecule is CCCCCCCCCCCCCCCCCCCCCCCCCCCCC/C=C/C(O)C(COC1OC(CO)C(OC2OC(CO)C(O)C(O)C2O)C(O)C1O)NC(=O)CCCCCCCCCCCCCCCCCCCCCCCCCCCCC. The summed E-state index contributed by atoms with van der Waals surface area (Å²) in [6, 6.07) is -0.912. The van der Waals surface area contributed by atoms with Crippen molar-refractivity contribution < 1.29 is 64.6 Å². The van der Waals surface area contributed by atoms with Crippen molar-refractivity contribution in [3.63, 3.8) is 0 Å². The van der Waals surface area contributed by atoms with Crippen molar-refractivity contribution >= 4 is 5.91 Å². The molecule has 14 heteroatoms. The van der Waals surface area contributed by atoms with Crippen LogP contribution in [0.25, 0.3) is 0 Å². The van der Waals surface area contributed by atoms with Crippen molar-refractivity contribution in [2.75, 3.05) is 19.8 Å². The summed E-state index contributed by atoms with van der Waals surface area (Å²) >= 11 is 0. The van der Waals surface area contributed by atoms with Crippen molar-refractivity contribution in [2.24, 2.45) is 0 Å². The number of hydrogen-bond acceptors (Lipinski definition) is 13. The third kappa shape index (κ3) is 44.5. The lowest BCUT2D eigenvalue weighted by Gasteiger charge is -2.46. The number of carbonyl (C=O) groups is 1. The highest BCUT2D eigenvalue weighted by Gasteiger charge is 2.51. The van der Waals surface area contributed by atoms with Gasteiger partial charge in [-0.1, -0.05) is 360 Å². The van der Waals surface area contributed by atoms with Gasteiger partial charge in [0.1, 0.15) is 48.8 Å². The molecule has 2 heterocycles. The van der Waals surface area contributed by atoms with Crippen LogP contribution >= 0.6 is 0 Å². The van der Waals surface area contributed by atoms with Gasteiger partial charge in [0.05, 0.1) is 32.0 Å². The van der Waals surface area contributed by atoms with Gasteiger partial charge in [-0.3, -0.25) is 4.79 Å². The van der Waals surface area contributed by atoms with E-state index in [2.05, 4.69) is 19.2 Å². The Bertz CT molecular complexity index is 1560. The first-order chi connectivity index (χ1) is 44.1. The largest absolute Gasteiger partial charge is 0.394 e. The normalized spacial score (nSPS) is 22.9. The van der Waals surface area contributed by atoms with Crippen LogP contribution in [0.5, 0.6) is 0 Å². The van der Waals surface area contributed by atoms with Crippen molar-refractivity contribution in [1.29, 1.82) is 0 Å². The quantitative estimate of drug-likeness (QED) is 0.0204. The molecule has 2 aliphatic heterocycles. The van der Waals surface area contributed by atoms with E-state index in [1.807, 2.05) is 6.08 Å². The van der Waals surface area contributed by atoms with Crippen molar-refractivity contribution in [1.82, 2.24) is 5.32 Å². The molecule has 0 spiro atoms. The molecule has 0 aliphatic carbocycles. The maximum Gasteiger partial charge on any atom is 0.220 e. The number of hydrogen-bond donors (Lipinski definition) is 9. The van der Waals surface area contributed by atoms with Gasteiger partial charge in [0.2, 0.25) is 5.91 Å². The van der Waals surface area contributed by atoms with E-state index in [0.717, 1.165) is 44.9 Å². The van der Waals surface area contributed by atoms with Gasteiger partial charge in [-0.15, -0.1) is 0 Å². The number of carbonyl (C=O) groups excluding carboxylic acids is 1. The molecular formula is C76H147NO13. The van der Waals surface area contributed by atoms with Gasteiger partial charge in [-0.25, -0.2) is 0 Å². The predicted octanol–water partition coefficient (Wildman–Crippen LogP) is 16.9. The molecular weight excluding hydrogens is 1130 g/mol. The Morgan fingerprint density at radius 3 is 1.02 bits per heavy atom. The summed E-state index contributed by atoms with van der Waals surface area (Å²) in [7, 11) is 0. The fraction of sp³-hybridized carbons (Fsp3) is 0.961. The average molecular weight is 1280 g/mol. The van der Waals surface area contributed by atoms with E-state index in [9.17, 15) is 45.6 Å². The summed E-state index contributed by atoms with van der Waals surface area (Å²) in [6.45, 7) is 2.88. The molecule has 0 bridgehead atoms. The summed E-state index contributed by atoms with van der Waals surface area (Å²) in [4.78, 5) is 13.4. The van der Waals surface area contributed by atoms with Crippen molar-refractivity contribution in [3.05, 3.63) is 12.2 Å².